The third kappa shape index (κ3) is 3.29. The summed E-state index contributed by atoms with van der Waals surface area (Å²) in [6, 6.07) is 22.3. The lowest BCUT2D eigenvalue weighted by Crippen LogP contribution is -2.47. The second-order valence-corrected chi connectivity index (χ2v) is 5.73. The lowest BCUT2D eigenvalue weighted by molar-refractivity contribution is -0.936. The van der Waals surface area contributed by atoms with Gasteiger partial charge in [0, 0.05) is 12.0 Å². The van der Waals surface area contributed by atoms with Gasteiger partial charge in [-0.05, 0) is 19.4 Å². The Morgan fingerprint density at radius 2 is 1.30 bits per heavy atom. The molecule has 0 saturated carbocycles. The standard InChI is InChI=1S/C19H26N/c1-4-20(3,5-2)19(18-14-10-7-11-15-18)16-17-12-8-6-9-13-17/h6-15,19H,4-5,16H2,1-3H3/q+1/t19-/m1/s1. The van der Waals surface area contributed by atoms with Crippen LogP contribution in [0.5, 0.6) is 0 Å². The van der Waals surface area contributed by atoms with Gasteiger partial charge >= 0.3 is 0 Å². The van der Waals surface area contributed by atoms with Crippen LogP contribution in [0, 0.1) is 0 Å². The van der Waals surface area contributed by atoms with E-state index in [1.54, 1.807) is 0 Å². The fraction of sp³-hybridized carbons (Fsp3) is 0.368. The van der Waals surface area contributed by atoms with Crippen LogP contribution in [0.2, 0.25) is 0 Å². The van der Waals surface area contributed by atoms with Crippen LogP contribution in [0.15, 0.2) is 60.7 Å². The number of likely N-dealkylation sites (N-methyl/N-ethyl adjacent to an activating group) is 1. The normalized spacial score (nSPS) is 13.2. The van der Waals surface area contributed by atoms with Gasteiger partial charge in [-0.25, -0.2) is 0 Å². The molecule has 0 amide bonds. The summed E-state index contributed by atoms with van der Waals surface area (Å²) in [5, 5.41) is 0. The minimum absolute atomic E-state index is 0.522. The lowest BCUT2D eigenvalue weighted by atomic mass is 9.95. The van der Waals surface area contributed by atoms with Gasteiger partial charge in [0.15, 0.2) is 0 Å². The molecule has 2 aromatic carbocycles. The highest BCUT2D eigenvalue weighted by Crippen LogP contribution is 2.30. The van der Waals surface area contributed by atoms with Crippen molar-refractivity contribution in [2.75, 3.05) is 20.1 Å². The summed E-state index contributed by atoms with van der Waals surface area (Å²) in [5.74, 6) is 0. The van der Waals surface area contributed by atoms with Crippen LogP contribution in [0.25, 0.3) is 0 Å². The first-order valence-electron chi connectivity index (χ1n) is 7.62. The van der Waals surface area contributed by atoms with Crippen LogP contribution in [0.3, 0.4) is 0 Å². The summed E-state index contributed by atoms with van der Waals surface area (Å²) in [4.78, 5) is 0. The van der Waals surface area contributed by atoms with Crippen molar-refractivity contribution in [2.45, 2.75) is 26.3 Å². The summed E-state index contributed by atoms with van der Waals surface area (Å²) in [6.45, 7) is 6.90. The Balaban J connectivity index is 2.34. The van der Waals surface area contributed by atoms with Crippen molar-refractivity contribution in [3.05, 3.63) is 71.8 Å². The van der Waals surface area contributed by atoms with Crippen molar-refractivity contribution >= 4 is 0 Å². The Morgan fingerprint density at radius 3 is 1.80 bits per heavy atom. The van der Waals surface area contributed by atoms with E-state index in [2.05, 4.69) is 81.6 Å². The Labute approximate surface area is 123 Å². The molecule has 2 rings (SSSR count). The van der Waals surface area contributed by atoms with E-state index in [-0.39, 0.29) is 0 Å². The zero-order chi connectivity index (χ0) is 14.4. The number of rotatable bonds is 6. The number of benzene rings is 2. The highest BCUT2D eigenvalue weighted by atomic mass is 15.3. The van der Waals surface area contributed by atoms with Crippen molar-refractivity contribution in [2.24, 2.45) is 0 Å². The molecule has 106 valence electrons. The predicted octanol–water partition coefficient (Wildman–Crippen LogP) is 4.46. The molecule has 0 unspecified atom stereocenters. The number of hydrogen-bond acceptors (Lipinski definition) is 0. The third-order valence-corrected chi connectivity index (χ3v) is 4.65. The SMILES string of the molecule is CC[N+](C)(CC)[C@H](Cc1ccccc1)c1ccccc1. The maximum absolute atomic E-state index is 2.38. The van der Waals surface area contributed by atoms with Gasteiger partial charge in [-0.1, -0.05) is 60.7 Å². The molecule has 0 heterocycles. The Bertz CT molecular complexity index is 500. The molecular formula is C19H26N+. The van der Waals surface area contributed by atoms with E-state index in [0.717, 1.165) is 24.0 Å². The third-order valence-electron chi connectivity index (χ3n) is 4.65. The molecule has 1 nitrogen and oxygen atoms in total. The zero-order valence-corrected chi connectivity index (χ0v) is 12.9. The Kier molecular flexibility index (Phi) is 4.97. The van der Waals surface area contributed by atoms with Crippen molar-refractivity contribution in [1.82, 2.24) is 0 Å². The van der Waals surface area contributed by atoms with Gasteiger partial charge in [-0.2, -0.15) is 0 Å². The second-order valence-electron chi connectivity index (χ2n) is 5.73. The van der Waals surface area contributed by atoms with Gasteiger partial charge in [0.25, 0.3) is 0 Å². The van der Waals surface area contributed by atoms with E-state index >= 15 is 0 Å². The van der Waals surface area contributed by atoms with Crippen LogP contribution < -0.4 is 0 Å². The highest BCUT2D eigenvalue weighted by Gasteiger charge is 2.30. The van der Waals surface area contributed by atoms with Crippen LogP contribution in [0.1, 0.15) is 31.0 Å². The first-order valence-corrected chi connectivity index (χ1v) is 7.62. The minimum atomic E-state index is 0.522. The molecule has 0 aliphatic rings. The van der Waals surface area contributed by atoms with Crippen LogP contribution in [0.4, 0.5) is 0 Å². The summed E-state index contributed by atoms with van der Waals surface area (Å²) in [7, 11) is 2.38. The summed E-state index contributed by atoms with van der Waals surface area (Å²) < 4.78 is 1.08. The maximum Gasteiger partial charge on any atom is 0.118 e. The van der Waals surface area contributed by atoms with E-state index in [1.165, 1.54) is 11.1 Å². The molecule has 0 spiro atoms. The lowest BCUT2D eigenvalue weighted by Gasteiger charge is -2.40. The summed E-state index contributed by atoms with van der Waals surface area (Å²) in [5.41, 5.74) is 2.87. The molecule has 0 radical (unpaired) electrons. The average molecular weight is 268 g/mol. The molecule has 1 heteroatoms. The first kappa shape index (κ1) is 14.8. The van der Waals surface area contributed by atoms with Gasteiger partial charge in [0.2, 0.25) is 0 Å². The van der Waals surface area contributed by atoms with Gasteiger partial charge in [0.1, 0.15) is 6.04 Å². The monoisotopic (exact) mass is 268 g/mol. The number of quaternary nitrogens is 1. The highest BCUT2D eigenvalue weighted by molar-refractivity contribution is 5.22. The largest absolute Gasteiger partial charge is 0.320 e. The Hall–Kier alpha value is -1.60. The fourth-order valence-electron chi connectivity index (χ4n) is 2.88. The van der Waals surface area contributed by atoms with Crippen molar-refractivity contribution in [3.8, 4) is 0 Å². The molecule has 0 saturated heterocycles. The van der Waals surface area contributed by atoms with E-state index in [4.69, 9.17) is 0 Å². The van der Waals surface area contributed by atoms with Gasteiger partial charge in [-0.15, -0.1) is 0 Å². The number of hydrogen-bond donors (Lipinski definition) is 0. The molecule has 2 aromatic rings. The Morgan fingerprint density at radius 1 is 0.800 bits per heavy atom. The van der Waals surface area contributed by atoms with Gasteiger partial charge in [0.05, 0.1) is 20.1 Å². The first-order chi connectivity index (χ1) is 9.69. The average Bonchev–Trinajstić information content (AvgIpc) is 2.54. The molecule has 0 N–H and O–H groups in total. The molecule has 0 bridgehead atoms. The van der Waals surface area contributed by atoms with E-state index in [9.17, 15) is 0 Å². The molecule has 1 atom stereocenters. The molecule has 0 fully saturated rings. The van der Waals surface area contributed by atoms with E-state index in [1.807, 2.05) is 0 Å². The zero-order valence-electron chi connectivity index (χ0n) is 12.9. The van der Waals surface area contributed by atoms with Crippen molar-refractivity contribution in [3.63, 3.8) is 0 Å². The molecule has 20 heavy (non-hydrogen) atoms. The summed E-state index contributed by atoms with van der Waals surface area (Å²) in [6.07, 6.45) is 1.10. The topological polar surface area (TPSA) is 0 Å². The van der Waals surface area contributed by atoms with Crippen LogP contribution >= 0.6 is 0 Å². The van der Waals surface area contributed by atoms with Crippen molar-refractivity contribution in [1.29, 1.82) is 0 Å². The van der Waals surface area contributed by atoms with Crippen molar-refractivity contribution < 1.29 is 4.48 Å². The molecular weight excluding hydrogens is 242 g/mol. The molecule has 0 aromatic heterocycles. The van der Waals surface area contributed by atoms with Crippen LogP contribution in [-0.2, 0) is 6.42 Å². The van der Waals surface area contributed by atoms with E-state index in [0.29, 0.717) is 6.04 Å². The van der Waals surface area contributed by atoms with Crippen LogP contribution in [-0.4, -0.2) is 24.6 Å². The number of nitrogens with zero attached hydrogens (tertiary/aromatic N) is 1. The maximum atomic E-state index is 2.38. The molecule has 0 aliphatic carbocycles. The minimum Gasteiger partial charge on any atom is -0.320 e. The fourth-order valence-corrected chi connectivity index (χ4v) is 2.88. The van der Waals surface area contributed by atoms with Gasteiger partial charge < -0.3 is 4.48 Å². The van der Waals surface area contributed by atoms with Gasteiger partial charge in [-0.3, -0.25) is 0 Å². The second kappa shape index (κ2) is 6.71. The predicted molar refractivity (Wildman–Crippen MR) is 86.6 cm³/mol. The van der Waals surface area contributed by atoms with E-state index < -0.39 is 0 Å². The smallest absolute Gasteiger partial charge is 0.118 e. The quantitative estimate of drug-likeness (QED) is 0.679. The molecule has 0 aliphatic heterocycles. The summed E-state index contributed by atoms with van der Waals surface area (Å²) >= 11 is 0.